The van der Waals surface area contributed by atoms with Crippen LogP contribution in [0.15, 0.2) is 0 Å². The van der Waals surface area contributed by atoms with E-state index in [4.69, 9.17) is 10.8 Å². The van der Waals surface area contributed by atoms with Gasteiger partial charge in [0, 0.05) is 19.5 Å². The van der Waals surface area contributed by atoms with Crippen molar-refractivity contribution in [3.8, 4) is 0 Å². The van der Waals surface area contributed by atoms with Gasteiger partial charge < -0.3 is 15.7 Å². The van der Waals surface area contributed by atoms with E-state index in [0.717, 1.165) is 19.5 Å². The zero-order valence-corrected chi connectivity index (χ0v) is 7.40. The summed E-state index contributed by atoms with van der Waals surface area (Å²) in [6, 6.07) is -0.912. The van der Waals surface area contributed by atoms with Crippen molar-refractivity contribution in [2.45, 2.75) is 25.3 Å². The summed E-state index contributed by atoms with van der Waals surface area (Å²) in [5, 5.41) is 8.45. The number of likely N-dealkylation sites (tertiary alicyclic amines) is 1. The van der Waals surface area contributed by atoms with Gasteiger partial charge in [0.2, 0.25) is 5.91 Å². The largest absolute Gasteiger partial charge is 0.480 e. The molecule has 0 radical (unpaired) electrons. The van der Waals surface area contributed by atoms with Crippen LogP contribution in [0.3, 0.4) is 0 Å². The zero-order valence-electron chi connectivity index (χ0n) is 7.40. The number of carbonyl (C=O) groups is 2. The topological polar surface area (TPSA) is 83.6 Å². The van der Waals surface area contributed by atoms with E-state index in [-0.39, 0.29) is 18.7 Å². The van der Waals surface area contributed by atoms with Gasteiger partial charge in [0.15, 0.2) is 0 Å². The Balaban J connectivity index is 2.17. The number of carboxylic acid groups (broad SMARTS) is 1. The Kier molecular flexibility index (Phi) is 3.25. The van der Waals surface area contributed by atoms with Crippen LogP contribution in [0.5, 0.6) is 0 Å². The van der Waals surface area contributed by atoms with Crippen LogP contribution in [0.2, 0.25) is 0 Å². The Morgan fingerprint density at radius 2 is 2.08 bits per heavy atom. The van der Waals surface area contributed by atoms with Crippen molar-refractivity contribution >= 4 is 11.9 Å². The second-order valence-electron chi connectivity index (χ2n) is 3.22. The molecule has 1 heterocycles. The Bertz CT molecular complexity index is 213. The Morgan fingerprint density at radius 3 is 2.46 bits per heavy atom. The highest BCUT2D eigenvalue weighted by Crippen LogP contribution is 2.09. The van der Waals surface area contributed by atoms with Crippen LogP contribution in [0, 0.1) is 0 Å². The van der Waals surface area contributed by atoms with Gasteiger partial charge in [-0.1, -0.05) is 0 Å². The first kappa shape index (κ1) is 9.98. The summed E-state index contributed by atoms with van der Waals surface area (Å²) in [6.45, 7) is 1.61. The van der Waals surface area contributed by atoms with E-state index in [2.05, 4.69) is 0 Å². The minimum absolute atomic E-state index is 0.0166. The minimum Gasteiger partial charge on any atom is -0.480 e. The van der Waals surface area contributed by atoms with Crippen molar-refractivity contribution in [3.05, 3.63) is 0 Å². The van der Waals surface area contributed by atoms with E-state index in [0.29, 0.717) is 0 Å². The normalized spacial score (nSPS) is 17.8. The number of rotatable bonds is 4. The lowest BCUT2D eigenvalue weighted by molar-refractivity contribution is -0.139. The van der Waals surface area contributed by atoms with Crippen molar-refractivity contribution in [2.24, 2.45) is 5.73 Å². The summed E-state index contributed by atoms with van der Waals surface area (Å²) in [4.78, 5) is 23.3. The van der Waals surface area contributed by atoms with Gasteiger partial charge in [0.25, 0.3) is 0 Å². The third kappa shape index (κ3) is 2.69. The number of hydrogen-bond acceptors (Lipinski definition) is 3. The maximum absolute atomic E-state index is 11.2. The smallest absolute Gasteiger partial charge is 0.320 e. The maximum Gasteiger partial charge on any atom is 0.320 e. The van der Waals surface area contributed by atoms with Gasteiger partial charge in [0.05, 0.1) is 0 Å². The van der Waals surface area contributed by atoms with Crippen LogP contribution < -0.4 is 5.73 Å². The second kappa shape index (κ2) is 4.23. The zero-order chi connectivity index (χ0) is 9.84. The van der Waals surface area contributed by atoms with Crippen LogP contribution >= 0.6 is 0 Å². The fraction of sp³-hybridized carbons (Fsp3) is 0.750. The van der Waals surface area contributed by atoms with E-state index < -0.39 is 12.0 Å². The fourth-order valence-electron chi connectivity index (χ4n) is 1.13. The lowest BCUT2D eigenvalue weighted by Crippen LogP contribution is -2.42. The standard InChI is InChI=1S/C8H14N2O3/c9-6(8(12)13)2-3-7(11)10-4-1-5-10/h6H,1-5,9H2,(H,12,13)/t6-/m0/s1. The molecule has 13 heavy (non-hydrogen) atoms. The molecule has 5 heteroatoms. The van der Waals surface area contributed by atoms with Gasteiger partial charge in [-0.2, -0.15) is 0 Å². The average molecular weight is 186 g/mol. The third-order valence-electron chi connectivity index (χ3n) is 2.20. The summed E-state index contributed by atoms with van der Waals surface area (Å²) in [5.41, 5.74) is 5.25. The molecule has 3 N–H and O–H groups in total. The predicted octanol–water partition coefficient (Wildman–Crippen LogP) is -0.589. The number of carboxylic acids is 1. The van der Waals surface area contributed by atoms with Gasteiger partial charge >= 0.3 is 5.97 Å². The van der Waals surface area contributed by atoms with E-state index in [1.807, 2.05) is 0 Å². The van der Waals surface area contributed by atoms with Crippen LogP contribution in [0.4, 0.5) is 0 Å². The van der Waals surface area contributed by atoms with Gasteiger partial charge in [0.1, 0.15) is 6.04 Å². The third-order valence-corrected chi connectivity index (χ3v) is 2.20. The molecule has 1 saturated heterocycles. The lowest BCUT2D eigenvalue weighted by Gasteiger charge is -2.31. The van der Waals surface area contributed by atoms with E-state index >= 15 is 0 Å². The molecule has 0 aromatic carbocycles. The molecular formula is C8H14N2O3. The van der Waals surface area contributed by atoms with Crippen molar-refractivity contribution in [2.75, 3.05) is 13.1 Å². The number of amides is 1. The van der Waals surface area contributed by atoms with Crippen molar-refractivity contribution < 1.29 is 14.7 Å². The van der Waals surface area contributed by atoms with E-state index in [1.54, 1.807) is 4.90 Å². The maximum atomic E-state index is 11.2. The van der Waals surface area contributed by atoms with Crippen LogP contribution in [-0.4, -0.2) is 41.0 Å². The monoisotopic (exact) mass is 186 g/mol. The molecule has 1 atom stereocenters. The summed E-state index contributed by atoms with van der Waals surface area (Å²) < 4.78 is 0. The number of nitrogens with two attached hydrogens (primary N) is 1. The highest BCUT2D eigenvalue weighted by Gasteiger charge is 2.21. The van der Waals surface area contributed by atoms with E-state index in [9.17, 15) is 9.59 Å². The molecule has 0 unspecified atom stereocenters. The first-order valence-electron chi connectivity index (χ1n) is 4.37. The number of carbonyl (C=O) groups excluding carboxylic acids is 1. The molecule has 1 fully saturated rings. The van der Waals surface area contributed by atoms with Crippen molar-refractivity contribution in [1.82, 2.24) is 4.90 Å². The quantitative estimate of drug-likeness (QED) is 0.614. The molecule has 0 saturated carbocycles. The SMILES string of the molecule is N[C@@H](CCC(=O)N1CCC1)C(=O)O. The molecule has 74 valence electrons. The van der Waals surface area contributed by atoms with Crippen LogP contribution in [0.25, 0.3) is 0 Å². The molecule has 0 spiro atoms. The first-order valence-corrected chi connectivity index (χ1v) is 4.37. The summed E-state index contributed by atoms with van der Waals surface area (Å²) in [6.07, 6.45) is 1.52. The van der Waals surface area contributed by atoms with Gasteiger partial charge in [-0.25, -0.2) is 0 Å². The summed E-state index contributed by atoms with van der Waals surface area (Å²) in [5.74, 6) is -1.03. The fourth-order valence-corrected chi connectivity index (χ4v) is 1.13. The van der Waals surface area contributed by atoms with Crippen LogP contribution in [-0.2, 0) is 9.59 Å². The molecule has 0 bridgehead atoms. The van der Waals surface area contributed by atoms with Crippen molar-refractivity contribution in [1.29, 1.82) is 0 Å². The Hall–Kier alpha value is -1.10. The van der Waals surface area contributed by atoms with E-state index in [1.165, 1.54) is 0 Å². The molecule has 1 aliphatic rings. The number of aliphatic carboxylic acids is 1. The highest BCUT2D eigenvalue weighted by atomic mass is 16.4. The molecule has 0 aromatic rings. The highest BCUT2D eigenvalue weighted by molar-refractivity contribution is 5.78. The average Bonchev–Trinajstić information content (AvgIpc) is 1.96. The minimum atomic E-state index is -1.04. The van der Waals surface area contributed by atoms with Gasteiger partial charge in [-0.15, -0.1) is 0 Å². The second-order valence-corrected chi connectivity index (χ2v) is 3.22. The predicted molar refractivity (Wildman–Crippen MR) is 46.0 cm³/mol. The first-order chi connectivity index (χ1) is 6.11. The molecule has 0 aliphatic carbocycles. The van der Waals surface area contributed by atoms with Crippen LogP contribution in [0.1, 0.15) is 19.3 Å². The Labute approximate surface area is 76.5 Å². The van der Waals surface area contributed by atoms with Gasteiger partial charge in [-0.3, -0.25) is 9.59 Å². The molecule has 1 rings (SSSR count). The molecular weight excluding hydrogens is 172 g/mol. The van der Waals surface area contributed by atoms with Gasteiger partial charge in [-0.05, 0) is 12.8 Å². The van der Waals surface area contributed by atoms with Crippen molar-refractivity contribution in [3.63, 3.8) is 0 Å². The molecule has 5 nitrogen and oxygen atoms in total. The molecule has 1 aliphatic heterocycles. The lowest BCUT2D eigenvalue weighted by atomic mass is 10.1. The Morgan fingerprint density at radius 1 is 1.46 bits per heavy atom. The number of nitrogens with zero attached hydrogens (tertiary/aromatic N) is 1. The molecule has 1 amide bonds. The number of hydrogen-bond donors (Lipinski definition) is 2. The molecule has 0 aromatic heterocycles. The summed E-state index contributed by atoms with van der Waals surface area (Å²) >= 11 is 0. The summed E-state index contributed by atoms with van der Waals surface area (Å²) in [7, 11) is 0.